The lowest BCUT2D eigenvalue weighted by atomic mass is 11.3. The molecule has 0 amide bonds. The summed E-state index contributed by atoms with van der Waals surface area (Å²) in [6.45, 7) is 3.22. The lowest BCUT2D eigenvalue weighted by molar-refractivity contribution is 0.580. The highest BCUT2D eigenvalue weighted by molar-refractivity contribution is 8.08. The van der Waals surface area contributed by atoms with E-state index < -0.39 is 7.83 Å². The van der Waals surface area contributed by atoms with Crippen molar-refractivity contribution in [3.63, 3.8) is 0 Å². The lowest BCUT2D eigenvalue weighted by Gasteiger charge is -1.57. The monoisotopic (exact) mass is 104 g/mol. The van der Waals surface area contributed by atoms with Gasteiger partial charge >= 0.3 is 7.83 Å². The standard InChI is InChI=1S/C2H4OSSi/c1-2-5(3)4/h2,4H,1H2. The SMILES string of the molecule is C=C[Si](=O)S. The molecule has 1 nitrogen and oxygen atoms in total. The molecule has 0 aliphatic carbocycles. The van der Waals surface area contributed by atoms with Crippen LogP contribution < -0.4 is 0 Å². The molecule has 5 heavy (non-hydrogen) atoms. The third-order valence-corrected chi connectivity index (χ3v) is 1.07. The van der Waals surface area contributed by atoms with E-state index in [1.807, 2.05) is 0 Å². The molecule has 0 aromatic heterocycles. The van der Waals surface area contributed by atoms with Crippen molar-refractivity contribution in [3.05, 3.63) is 12.3 Å². The molecule has 0 heterocycles. The highest BCUT2D eigenvalue weighted by atomic mass is 32.3. The van der Waals surface area contributed by atoms with E-state index in [1.54, 1.807) is 0 Å². The Bertz CT molecular complexity index is 60.7. The Hall–Kier alpha value is 0.107. The van der Waals surface area contributed by atoms with Gasteiger partial charge in [-0.15, -0.1) is 12.1 Å². The van der Waals surface area contributed by atoms with Gasteiger partial charge < -0.3 is 4.46 Å². The van der Waals surface area contributed by atoms with Crippen LogP contribution in [0.15, 0.2) is 12.3 Å². The Morgan fingerprint density at radius 1 is 2.00 bits per heavy atom. The molecular formula is C2H4OSSi. The van der Waals surface area contributed by atoms with Gasteiger partial charge in [0.25, 0.3) is 0 Å². The molecule has 0 bridgehead atoms. The molecular weight excluding hydrogens is 100 g/mol. The van der Waals surface area contributed by atoms with Gasteiger partial charge in [0, 0.05) is 0 Å². The van der Waals surface area contributed by atoms with Crippen LogP contribution in [-0.2, 0) is 4.46 Å². The molecule has 0 aliphatic rings. The Kier molecular flexibility index (Phi) is 2.40. The van der Waals surface area contributed by atoms with Gasteiger partial charge in [-0.05, 0) is 5.70 Å². The van der Waals surface area contributed by atoms with Crippen LogP contribution in [0.5, 0.6) is 0 Å². The first kappa shape index (κ1) is 5.11. The van der Waals surface area contributed by atoms with Crippen LogP contribution in [0, 0.1) is 0 Å². The highest BCUT2D eigenvalue weighted by Crippen LogP contribution is 1.69. The zero-order valence-electron chi connectivity index (χ0n) is 2.64. The molecule has 0 unspecified atom stereocenters. The molecule has 0 fully saturated rings. The van der Waals surface area contributed by atoms with Gasteiger partial charge in [-0.2, -0.15) is 0 Å². The van der Waals surface area contributed by atoms with E-state index in [4.69, 9.17) is 0 Å². The summed E-state index contributed by atoms with van der Waals surface area (Å²) in [6.07, 6.45) is 0. The van der Waals surface area contributed by atoms with Crippen molar-refractivity contribution in [3.8, 4) is 0 Å². The quantitative estimate of drug-likeness (QED) is 0.380. The van der Waals surface area contributed by atoms with Gasteiger partial charge in [0.1, 0.15) is 0 Å². The molecule has 0 radical (unpaired) electrons. The van der Waals surface area contributed by atoms with Gasteiger partial charge in [-0.3, -0.25) is 0 Å². The summed E-state index contributed by atoms with van der Waals surface area (Å²) in [5, 5.41) is 0. The van der Waals surface area contributed by atoms with Crippen molar-refractivity contribution in [2.24, 2.45) is 0 Å². The zero-order chi connectivity index (χ0) is 4.28. The first-order valence-electron chi connectivity index (χ1n) is 1.12. The Balaban J connectivity index is 3.20. The van der Waals surface area contributed by atoms with Crippen LogP contribution in [0.25, 0.3) is 0 Å². The minimum Gasteiger partial charge on any atom is -0.369 e. The third-order valence-electron chi connectivity index (χ3n) is 0.175. The van der Waals surface area contributed by atoms with Crippen LogP contribution in [-0.4, -0.2) is 7.83 Å². The number of hydrogen-bond acceptors (Lipinski definition) is 1. The molecule has 28 valence electrons. The highest BCUT2D eigenvalue weighted by Gasteiger charge is 1.78. The largest absolute Gasteiger partial charge is 0.369 e. The Morgan fingerprint density at radius 3 is 2.20 bits per heavy atom. The van der Waals surface area contributed by atoms with Crippen LogP contribution >= 0.6 is 12.1 Å². The number of rotatable bonds is 1. The Labute approximate surface area is 37.4 Å². The Morgan fingerprint density at radius 2 is 2.20 bits per heavy atom. The van der Waals surface area contributed by atoms with E-state index in [9.17, 15) is 4.46 Å². The van der Waals surface area contributed by atoms with Crippen LogP contribution in [0.1, 0.15) is 0 Å². The molecule has 0 atom stereocenters. The lowest BCUT2D eigenvalue weighted by Crippen LogP contribution is -1.73. The minimum atomic E-state index is -1.67. The summed E-state index contributed by atoms with van der Waals surface area (Å²) < 4.78 is 9.74. The summed E-state index contributed by atoms with van der Waals surface area (Å²) >= 11 is 3.53. The number of thiol groups is 1. The predicted octanol–water partition coefficient (Wildman–Crippen LogP) is 0.560. The van der Waals surface area contributed by atoms with Crippen molar-refractivity contribution < 1.29 is 4.46 Å². The predicted molar refractivity (Wildman–Crippen MR) is 25.6 cm³/mol. The fourth-order valence-corrected chi connectivity index (χ4v) is 0. The van der Waals surface area contributed by atoms with Crippen molar-refractivity contribution in [1.82, 2.24) is 0 Å². The topological polar surface area (TPSA) is 17.1 Å². The summed E-state index contributed by atoms with van der Waals surface area (Å²) in [7, 11) is -1.67. The average Bonchev–Trinajstić information content (AvgIpc) is 1.38. The molecule has 0 spiro atoms. The maximum atomic E-state index is 9.74. The van der Waals surface area contributed by atoms with Crippen LogP contribution in [0.2, 0.25) is 0 Å². The normalized spacial score (nSPS) is 6.60. The van der Waals surface area contributed by atoms with Gasteiger partial charge in [0.15, 0.2) is 0 Å². The first-order chi connectivity index (χ1) is 2.27. The molecule has 0 aromatic rings. The summed E-state index contributed by atoms with van der Waals surface area (Å²) in [5.41, 5.74) is 1.33. The molecule has 0 saturated heterocycles. The van der Waals surface area contributed by atoms with Crippen molar-refractivity contribution in [2.75, 3.05) is 0 Å². The number of hydrogen-bond donors (Lipinski definition) is 1. The third kappa shape index (κ3) is 4.11. The van der Waals surface area contributed by atoms with Gasteiger partial charge in [-0.1, -0.05) is 6.58 Å². The second kappa shape index (κ2) is 2.35. The van der Waals surface area contributed by atoms with Crippen molar-refractivity contribution >= 4 is 19.9 Å². The fourth-order valence-electron chi connectivity index (χ4n) is 0. The fraction of sp³-hybridized carbons (Fsp3) is 0. The molecule has 0 rings (SSSR count). The average molecular weight is 104 g/mol. The van der Waals surface area contributed by atoms with E-state index in [-0.39, 0.29) is 0 Å². The second-order valence-electron chi connectivity index (χ2n) is 0.542. The second-order valence-corrected chi connectivity index (χ2v) is 2.95. The zero-order valence-corrected chi connectivity index (χ0v) is 4.53. The van der Waals surface area contributed by atoms with E-state index in [1.165, 1.54) is 5.70 Å². The molecule has 3 heteroatoms. The summed E-state index contributed by atoms with van der Waals surface area (Å²) in [4.78, 5) is 0. The smallest absolute Gasteiger partial charge is 0.369 e. The van der Waals surface area contributed by atoms with E-state index >= 15 is 0 Å². The molecule has 0 saturated carbocycles. The van der Waals surface area contributed by atoms with Crippen molar-refractivity contribution in [1.29, 1.82) is 0 Å². The summed E-state index contributed by atoms with van der Waals surface area (Å²) in [5.74, 6) is 0. The summed E-state index contributed by atoms with van der Waals surface area (Å²) in [6, 6.07) is 0. The van der Waals surface area contributed by atoms with E-state index in [2.05, 4.69) is 18.7 Å². The van der Waals surface area contributed by atoms with Crippen LogP contribution in [0.3, 0.4) is 0 Å². The van der Waals surface area contributed by atoms with Gasteiger partial charge in [0.05, 0.1) is 0 Å². The molecule has 0 aliphatic heterocycles. The van der Waals surface area contributed by atoms with E-state index in [0.29, 0.717) is 0 Å². The minimum absolute atomic E-state index is 1.33. The van der Waals surface area contributed by atoms with E-state index in [0.717, 1.165) is 0 Å². The van der Waals surface area contributed by atoms with Crippen LogP contribution in [0.4, 0.5) is 0 Å². The molecule has 0 aromatic carbocycles. The molecule has 0 N–H and O–H groups in total. The first-order valence-corrected chi connectivity index (χ1v) is 3.90. The van der Waals surface area contributed by atoms with Gasteiger partial charge in [-0.25, -0.2) is 0 Å². The maximum Gasteiger partial charge on any atom is 0.369 e. The van der Waals surface area contributed by atoms with Crippen molar-refractivity contribution in [2.45, 2.75) is 0 Å². The maximum absolute atomic E-state index is 9.74. The van der Waals surface area contributed by atoms with Gasteiger partial charge in [0.2, 0.25) is 0 Å².